The summed E-state index contributed by atoms with van der Waals surface area (Å²) < 4.78 is 5.64. The summed E-state index contributed by atoms with van der Waals surface area (Å²) in [5, 5.41) is 14.0. The number of carbonyl (C=O) groups is 2. The fourth-order valence-electron chi connectivity index (χ4n) is 5.70. The zero-order chi connectivity index (χ0) is 20.4. The molecule has 0 radical (unpaired) electrons. The van der Waals surface area contributed by atoms with Gasteiger partial charge in [0, 0.05) is 33.2 Å². The Morgan fingerprint density at radius 3 is 2.40 bits per heavy atom. The van der Waals surface area contributed by atoms with E-state index in [1.807, 2.05) is 0 Å². The van der Waals surface area contributed by atoms with Crippen molar-refractivity contribution in [1.82, 2.24) is 10.1 Å². The Morgan fingerprint density at radius 1 is 1.00 bits per heavy atom. The van der Waals surface area contributed by atoms with Gasteiger partial charge in [0.1, 0.15) is 0 Å². The summed E-state index contributed by atoms with van der Waals surface area (Å²) in [4.78, 5) is 32.3. The number of thiophene rings is 1. The standard InChI is InChI=1S/C23H24N2O4S/c26-15(18-11-4-6-12(7-5-11)19(18)23(27)28)10-17-20(14-2-1-3-16(14)30-17)22-24-21(25-29-22)13-8-9-13/h11-13H,1-10H2,(H,27,28). The van der Waals surface area contributed by atoms with Crippen LogP contribution in [-0.2, 0) is 28.9 Å². The van der Waals surface area contributed by atoms with Crippen LogP contribution in [0.5, 0.6) is 0 Å². The number of carbonyl (C=O) groups excluding carboxylic acids is 1. The van der Waals surface area contributed by atoms with Crippen molar-refractivity contribution in [3.8, 4) is 11.5 Å². The highest BCUT2D eigenvalue weighted by molar-refractivity contribution is 7.12. The number of ketones is 1. The van der Waals surface area contributed by atoms with Gasteiger partial charge in [-0.2, -0.15) is 4.98 Å². The number of allylic oxidation sites excluding steroid dienone is 1. The van der Waals surface area contributed by atoms with E-state index in [-0.39, 0.29) is 24.0 Å². The quantitative estimate of drug-likeness (QED) is 0.735. The van der Waals surface area contributed by atoms with Gasteiger partial charge in [-0.05, 0) is 75.2 Å². The first-order valence-corrected chi connectivity index (χ1v) is 11.9. The van der Waals surface area contributed by atoms with Crippen LogP contribution in [0.15, 0.2) is 15.7 Å². The molecule has 5 aliphatic carbocycles. The number of carboxylic acid groups (broad SMARTS) is 1. The monoisotopic (exact) mass is 424 g/mol. The number of Topliss-reactive ketones (excluding diaryl/α,β-unsaturated/α-hetero) is 1. The summed E-state index contributed by atoms with van der Waals surface area (Å²) in [6.45, 7) is 0. The first kappa shape index (κ1) is 18.5. The van der Waals surface area contributed by atoms with Crippen molar-refractivity contribution >= 4 is 23.1 Å². The molecule has 7 heteroatoms. The third kappa shape index (κ3) is 2.89. The maximum absolute atomic E-state index is 13.4. The molecular weight excluding hydrogens is 400 g/mol. The zero-order valence-electron chi connectivity index (χ0n) is 16.8. The highest BCUT2D eigenvalue weighted by Crippen LogP contribution is 2.47. The minimum Gasteiger partial charge on any atom is -0.478 e. The van der Waals surface area contributed by atoms with Gasteiger partial charge in [0.05, 0.1) is 5.56 Å². The minimum absolute atomic E-state index is 0.0232. The van der Waals surface area contributed by atoms with Crippen LogP contribution in [0.1, 0.15) is 72.0 Å². The smallest absolute Gasteiger partial charge is 0.332 e. The second-order valence-electron chi connectivity index (χ2n) is 9.17. The second kappa shape index (κ2) is 6.87. The number of hydrogen-bond acceptors (Lipinski definition) is 6. The fourth-order valence-corrected chi connectivity index (χ4v) is 7.08. The van der Waals surface area contributed by atoms with Crippen LogP contribution >= 0.6 is 11.3 Å². The first-order chi connectivity index (χ1) is 14.6. The van der Waals surface area contributed by atoms with E-state index in [1.165, 1.54) is 10.4 Å². The molecule has 2 bridgehead atoms. The maximum atomic E-state index is 13.4. The summed E-state index contributed by atoms with van der Waals surface area (Å²) >= 11 is 1.68. The normalized spacial score (nSPS) is 25.1. The second-order valence-corrected chi connectivity index (χ2v) is 10.4. The molecule has 0 aliphatic heterocycles. The van der Waals surface area contributed by atoms with Crippen LogP contribution in [-0.4, -0.2) is 27.0 Å². The molecule has 1 N–H and O–H groups in total. The van der Waals surface area contributed by atoms with Crippen LogP contribution < -0.4 is 0 Å². The van der Waals surface area contributed by atoms with E-state index in [4.69, 9.17) is 4.52 Å². The number of rotatable bonds is 6. The summed E-state index contributed by atoms with van der Waals surface area (Å²) in [7, 11) is 0. The highest BCUT2D eigenvalue weighted by Gasteiger charge is 2.41. The first-order valence-electron chi connectivity index (χ1n) is 11.1. The van der Waals surface area contributed by atoms with Crippen molar-refractivity contribution in [2.45, 2.75) is 70.1 Å². The van der Waals surface area contributed by atoms with Crippen LogP contribution in [0.2, 0.25) is 0 Å². The van der Waals surface area contributed by atoms with Gasteiger partial charge in [-0.1, -0.05) is 5.16 Å². The molecule has 2 saturated carbocycles. The number of aromatic nitrogens is 2. The maximum Gasteiger partial charge on any atom is 0.332 e. The van der Waals surface area contributed by atoms with Crippen molar-refractivity contribution in [3.05, 3.63) is 32.3 Å². The van der Waals surface area contributed by atoms with Crippen LogP contribution in [0.25, 0.3) is 11.5 Å². The predicted molar refractivity (Wildman–Crippen MR) is 110 cm³/mol. The van der Waals surface area contributed by atoms with Crippen molar-refractivity contribution < 1.29 is 19.2 Å². The molecule has 5 aliphatic rings. The average Bonchev–Trinajstić information content (AvgIpc) is 3.15. The molecule has 0 unspecified atom stereocenters. The van der Waals surface area contributed by atoms with E-state index < -0.39 is 5.97 Å². The molecule has 0 spiro atoms. The zero-order valence-corrected chi connectivity index (χ0v) is 17.6. The Bertz CT molecular complexity index is 1080. The third-order valence-corrected chi connectivity index (χ3v) is 8.57. The topological polar surface area (TPSA) is 93.3 Å². The third-order valence-electron chi connectivity index (χ3n) is 7.28. The summed E-state index contributed by atoms with van der Waals surface area (Å²) in [5.74, 6) is 0.945. The average molecular weight is 425 g/mol. The van der Waals surface area contributed by atoms with Crippen molar-refractivity contribution in [3.63, 3.8) is 0 Å². The SMILES string of the molecule is O=C(O)C1=C(C(=O)Cc2sc3c(c2-c2nc(C4CC4)no2)CCC3)C2CCC1CC2. The van der Waals surface area contributed by atoms with Gasteiger partial charge in [0.2, 0.25) is 0 Å². The summed E-state index contributed by atoms with van der Waals surface area (Å²) in [5.41, 5.74) is 3.20. The molecule has 0 amide bonds. The number of nitrogens with zero attached hydrogens (tertiary/aromatic N) is 2. The number of hydrogen-bond donors (Lipinski definition) is 1. The van der Waals surface area contributed by atoms with Crippen LogP contribution in [0, 0.1) is 11.8 Å². The van der Waals surface area contributed by atoms with E-state index in [2.05, 4.69) is 10.1 Å². The van der Waals surface area contributed by atoms with Crippen LogP contribution in [0.3, 0.4) is 0 Å². The number of fused-ring (bicyclic) bond motifs is 3. The molecular formula is C23H24N2O4S. The lowest BCUT2D eigenvalue weighted by molar-refractivity contribution is -0.134. The van der Waals surface area contributed by atoms with E-state index >= 15 is 0 Å². The molecule has 7 rings (SSSR count). The Morgan fingerprint density at radius 2 is 1.70 bits per heavy atom. The van der Waals surface area contributed by atoms with Crippen molar-refractivity contribution in [1.29, 1.82) is 0 Å². The molecule has 6 nitrogen and oxygen atoms in total. The number of carboxylic acids is 1. The van der Waals surface area contributed by atoms with Gasteiger partial charge in [-0.15, -0.1) is 11.3 Å². The molecule has 156 valence electrons. The van der Waals surface area contributed by atoms with Crippen molar-refractivity contribution in [2.24, 2.45) is 11.8 Å². The van der Waals surface area contributed by atoms with Crippen LogP contribution in [0.4, 0.5) is 0 Å². The molecule has 0 saturated heterocycles. The molecule has 0 atom stereocenters. The van der Waals surface area contributed by atoms with Gasteiger partial charge in [0.15, 0.2) is 11.6 Å². The summed E-state index contributed by atoms with van der Waals surface area (Å²) in [6, 6.07) is 0. The summed E-state index contributed by atoms with van der Waals surface area (Å²) in [6.07, 6.45) is 9.24. The van der Waals surface area contributed by atoms with Gasteiger partial charge in [0.25, 0.3) is 5.89 Å². The Hall–Kier alpha value is -2.28. The highest BCUT2D eigenvalue weighted by atomic mass is 32.1. The Balaban J connectivity index is 1.38. The van der Waals surface area contributed by atoms with Gasteiger partial charge >= 0.3 is 5.97 Å². The number of aryl methyl sites for hydroxylation is 1. The molecule has 0 aromatic carbocycles. The molecule has 2 aromatic heterocycles. The Kier molecular flexibility index (Phi) is 4.23. The van der Waals surface area contributed by atoms with E-state index in [1.54, 1.807) is 11.3 Å². The lowest BCUT2D eigenvalue weighted by Crippen LogP contribution is -2.34. The van der Waals surface area contributed by atoms with Crippen molar-refractivity contribution in [2.75, 3.05) is 0 Å². The van der Waals surface area contributed by atoms with E-state index in [0.717, 1.165) is 74.1 Å². The number of aliphatic carboxylic acids is 1. The predicted octanol–water partition coefficient (Wildman–Crippen LogP) is 4.48. The lowest BCUT2D eigenvalue weighted by atomic mass is 9.65. The molecule has 2 heterocycles. The fraction of sp³-hybridized carbons (Fsp3) is 0.565. The molecule has 30 heavy (non-hydrogen) atoms. The Labute approximate surface area is 178 Å². The minimum atomic E-state index is -0.910. The van der Waals surface area contributed by atoms with Gasteiger partial charge in [-0.3, -0.25) is 4.79 Å². The van der Waals surface area contributed by atoms with Gasteiger partial charge in [-0.25, -0.2) is 4.79 Å². The molecule has 2 fully saturated rings. The molecule has 2 aromatic rings. The van der Waals surface area contributed by atoms with Gasteiger partial charge < -0.3 is 9.63 Å². The largest absolute Gasteiger partial charge is 0.478 e. The van der Waals surface area contributed by atoms with E-state index in [9.17, 15) is 14.7 Å². The lowest BCUT2D eigenvalue weighted by Gasteiger charge is -2.38. The van der Waals surface area contributed by atoms with E-state index in [0.29, 0.717) is 23.0 Å².